The van der Waals surface area contributed by atoms with Crippen molar-refractivity contribution in [2.75, 3.05) is 19.3 Å². The molecule has 0 bridgehead atoms. The van der Waals surface area contributed by atoms with Gasteiger partial charge in [0.05, 0.1) is 0 Å². The minimum atomic E-state index is 0.901. The van der Waals surface area contributed by atoms with Crippen LogP contribution in [-0.4, -0.2) is 19.3 Å². The molecule has 1 aromatic carbocycles. The maximum Gasteiger partial charge on any atom is 0.0200 e. The third-order valence-electron chi connectivity index (χ3n) is 2.35. The second-order valence-corrected chi connectivity index (χ2v) is 4.86. The Hall–Kier alpha value is -0.730. The van der Waals surface area contributed by atoms with Crippen molar-refractivity contribution in [1.82, 2.24) is 5.32 Å². The fraction of sp³-hybridized carbons (Fsp3) is 0.385. The van der Waals surface area contributed by atoms with E-state index < -0.39 is 0 Å². The zero-order valence-corrected chi connectivity index (χ0v) is 10.6. The molecule has 1 nitrogen and oxygen atoms in total. The van der Waals surface area contributed by atoms with Crippen molar-refractivity contribution in [1.29, 1.82) is 0 Å². The summed E-state index contributed by atoms with van der Waals surface area (Å²) in [5.41, 5.74) is 3.95. The van der Waals surface area contributed by atoms with E-state index in [0.717, 1.165) is 12.3 Å². The predicted molar refractivity (Wildman–Crippen MR) is 69.7 cm³/mol. The van der Waals surface area contributed by atoms with Crippen LogP contribution in [0.25, 0.3) is 0 Å². The maximum atomic E-state index is 4.02. The minimum absolute atomic E-state index is 0.901. The molecule has 0 aliphatic heterocycles. The molecule has 0 spiro atoms. The lowest BCUT2D eigenvalue weighted by atomic mass is 10.1. The zero-order chi connectivity index (χ0) is 11.3. The third-order valence-corrected chi connectivity index (χ3v) is 3.49. The quantitative estimate of drug-likeness (QED) is 0.605. The number of hydrogen-bond acceptors (Lipinski definition) is 2. The fourth-order valence-corrected chi connectivity index (χ4v) is 2.19. The van der Waals surface area contributed by atoms with Gasteiger partial charge in [0, 0.05) is 17.2 Å². The monoisotopic (exact) mass is 221 g/mol. The van der Waals surface area contributed by atoms with Crippen LogP contribution in [0.4, 0.5) is 0 Å². The van der Waals surface area contributed by atoms with Gasteiger partial charge in [-0.2, -0.15) is 0 Å². The van der Waals surface area contributed by atoms with Gasteiger partial charge in [0.2, 0.25) is 0 Å². The van der Waals surface area contributed by atoms with E-state index in [-0.39, 0.29) is 0 Å². The van der Waals surface area contributed by atoms with Gasteiger partial charge in [0.25, 0.3) is 0 Å². The average Bonchev–Trinajstić information content (AvgIpc) is 2.20. The molecule has 0 radical (unpaired) electrons. The van der Waals surface area contributed by atoms with Crippen molar-refractivity contribution in [3.8, 4) is 0 Å². The van der Waals surface area contributed by atoms with E-state index in [4.69, 9.17) is 0 Å². The summed E-state index contributed by atoms with van der Waals surface area (Å²) in [4.78, 5) is 1.33. The molecule has 1 N–H and O–H groups in total. The van der Waals surface area contributed by atoms with Gasteiger partial charge in [-0.25, -0.2) is 0 Å². The van der Waals surface area contributed by atoms with Gasteiger partial charge in [-0.15, -0.1) is 11.8 Å². The first-order valence-electron chi connectivity index (χ1n) is 5.15. The van der Waals surface area contributed by atoms with Crippen LogP contribution in [0.1, 0.15) is 11.1 Å². The normalized spacial score (nSPS) is 10.3. The summed E-state index contributed by atoms with van der Waals surface area (Å²) < 4.78 is 0. The molecule has 0 heterocycles. The summed E-state index contributed by atoms with van der Waals surface area (Å²) in [6, 6.07) is 6.60. The summed E-state index contributed by atoms with van der Waals surface area (Å²) in [5, 5.41) is 3.11. The Labute approximate surface area is 97.0 Å². The van der Waals surface area contributed by atoms with Crippen LogP contribution in [0.2, 0.25) is 0 Å². The SMILES string of the molecule is C=C(CNC)CSc1ccc(C)c(C)c1. The minimum Gasteiger partial charge on any atom is -0.316 e. The molecule has 1 aromatic rings. The van der Waals surface area contributed by atoms with E-state index in [2.05, 4.69) is 43.9 Å². The Kier molecular flexibility index (Phi) is 4.92. The van der Waals surface area contributed by atoms with Crippen LogP contribution >= 0.6 is 11.8 Å². The molecule has 0 saturated carbocycles. The molecule has 0 aliphatic carbocycles. The molecular formula is C13H19NS. The molecule has 0 atom stereocenters. The number of hydrogen-bond donors (Lipinski definition) is 1. The molecule has 0 aliphatic rings. The number of likely N-dealkylation sites (N-methyl/N-ethyl adjacent to an activating group) is 1. The topological polar surface area (TPSA) is 12.0 Å². The molecular weight excluding hydrogens is 202 g/mol. The summed E-state index contributed by atoms with van der Waals surface area (Å²) in [6.07, 6.45) is 0. The van der Waals surface area contributed by atoms with Crippen molar-refractivity contribution in [2.24, 2.45) is 0 Å². The third kappa shape index (κ3) is 4.10. The molecule has 82 valence electrons. The molecule has 0 fully saturated rings. The summed E-state index contributed by atoms with van der Waals surface area (Å²) in [5.74, 6) is 0.989. The molecule has 2 heteroatoms. The first kappa shape index (κ1) is 12.3. The lowest BCUT2D eigenvalue weighted by Gasteiger charge is -2.06. The number of rotatable bonds is 5. The fourth-order valence-electron chi connectivity index (χ4n) is 1.29. The lowest BCUT2D eigenvalue weighted by Crippen LogP contribution is -2.10. The predicted octanol–water partition coefficient (Wildman–Crippen LogP) is 3.17. The Bertz CT molecular complexity index is 344. The van der Waals surface area contributed by atoms with E-state index in [9.17, 15) is 0 Å². The standard InChI is InChI=1S/C13H19NS/c1-10(8-14-4)9-15-13-6-5-11(2)12(3)7-13/h5-7,14H,1,8-9H2,2-4H3. The largest absolute Gasteiger partial charge is 0.316 e. The Balaban J connectivity index is 2.51. The molecule has 0 unspecified atom stereocenters. The molecule has 0 amide bonds. The van der Waals surface area contributed by atoms with E-state index in [0.29, 0.717) is 0 Å². The first-order valence-corrected chi connectivity index (χ1v) is 6.13. The van der Waals surface area contributed by atoms with Crippen molar-refractivity contribution < 1.29 is 0 Å². The Morgan fingerprint density at radius 1 is 1.33 bits per heavy atom. The summed E-state index contributed by atoms with van der Waals surface area (Å²) in [7, 11) is 1.95. The summed E-state index contributed by atoms with van der Waals surface area (Å²) in [6.45, 7) is 9.21. The van der Waals surface area contributed by atoms with E-state index in [1.807, 2.05) is 18.8 Å². The highest BCUT2D eigenvalue weighted by atomic mass is 32.2. The van der Waals surface area contributed by atoms with Gasteiger partial charge in [-0.3, -0.25) is 0 Å². The van der Waals surface area contributed by atoms with Crippen LogP contribution in [0.5, 0.6) is 0 Å². The van der Waals surface area contributed by atoms with Crippen molar-refractivity contribution in [3.05, 3.63) is 41.5 Å². The number of aryl methyl sites for hydroxylation is 2. The van der Waals surface area contributed by atoms with E-state index in [1.54, 1.807) is 0 Å². The summed E-state index contributed by atoms with van der Waals surface area (Å²) >= 11 is 1.85. The van der Waals surface area contributed by atoms with Crippen LogP contribution in [0.15, 0.2) is 35.2 Å². The van der Waals surface area contributed by atoms with E-state index >= 15 is 0 Å². The van der Waals surface area contributed by atoms with Crippen LogP contribution in [0.3, 0.4) is 0 Å². The van der Waals surface area contributed by atoms with Gasteiger partial charge in [-0.05, 0) is 44.2 Å². The first-order chi connectivity index (χ1) is 7.13. The highest BCUT2D eigenvalue weighted by Crippen LogP contribution is 2.22. The van der Waals surface area contributed by atoms with Gasteiger partial charge in [-0.1, -0.05) is 18.2 Å². The molecule has 0 aromatic heterocycles. The van der Waals surface area contributed by atoms with Gasteiger partial charge in [0.15, 0.2) is 0 Å². The van der Waals surface area contributed by atoms with Gasteiger partial charge in [0.1, 0.15) is 0 Å². The second-order valence-electron chi connectivity index (χ2n) is 3.82. The molecule has 1 rings (SSSR count). The smallest absolute Gasteiger partial charge is 0.0200 e. The zero-order valence-electron chi connectivity index (χ0n) is 9.76. The highest BCUT2D eigenvalue weighted by Gasteiger charge is 1.98. The van der Waals surface area contributed by atoms with Crippen LogP contribution in [0, 0.1) is 13.8 Å². The number of thioether (sulfide) groups is 1. The second kappa shape index (κ2) is 5.99. The van der Waals surface area contributed by atoms with E-state index in [1.165, 1.54) is 21.6 Å². The molecule has 15 heavy (non-hydrogen) atoms. The maximum absolute atomic E-state index is 4.02. The lowest BCUT2D eigenvalue weighted by molar-refractivity contribution is 0.885. The highest BCUT2D eigenvalue weighted by molar-refractivity contribution is 7.99. The average molecular weight is 221 g/mol. The number of benzene rings is 1. The van der Waals surface area contributed by atoms with Gasteiger partial charge >= 0.3 is 0 Å². The Morgan fingerprint density at radius 3 is 2.67 bits per heavy atom. The molecule has 0 saturated heterocycles. The Morgan fingerprint density at radius 2 is 2.07 bits per heavy atom. The van der Waals surface area contributed by atoms with Crippen LogP contribution in [-0.2, 0) is 0 Å². The van der Waals surface area contributed by atoms with Crippen molar-refractivity contribution in [2.45, 2.75) is 18.7 Å². The van der Waals surface area contributed by atoms with Gasteiger partial charge < -0.3 is 5.32 Å². The van der Waals surface area contributed by atoms with Crippen molar-refractivity contribution >= 4 is 11.8 Å². The van der Waals surface area contributed by atoms with Crippen molar-refractivity contribution in [3.63, 3.8) is 0 Å². The van der Waals surface area contributed by atoms with Crippen LogP contribution < -0.4 is 5.32 Å². The number of nitrogens with one attached hydrogen (secondary N) is 1.